The average Bonchev–Trinajstić information content (AvgIpc) is 2.68. The molecule has 0 fully saturated rings. The molecule has 3 nitrogen and oxygen atoms in total. The van der Waals surface area contributed by atoms with Crippen molar-refractivity contribution in [2.75, 3.05) is 0 Å². The molecule has 0 unspecified atom stereocenters. The summed E-state index contributed by atoms with van der Waals surface area (Å²) in [7, 11) is -3.80. The van der Waals surface area contributed by atoms with Crippen molar-refractivity contribution in [2.24, 2.45) is 0 Å². The Morgan fingerprint density at radius 2 is 1.90 bits per heavy atom. The monoisotopic (exact) mass is 373 g/mol. The van der Waals surface area contributed by atoms with Crippen LogP contribution in [0.5, 0.6) is 0 Å². The lowest BCUT2D eigenvalue weighted by Crippen LogP contribution is -2.23. The Morgan fingerprint density at radius 1 is 1.20 bits per heavy atom. The van der Waals surface area contributed by atoms with Gasteiger partial charge in [0.05, 0.1) is 4.34 Å². The molecule has 0 saturated carbocycles. The van der Waals surface area contributed by atoms with E-state index < -0.39 is 15.8 Å². The van der Waals surface area contributed by atoms with Gasteiger partial charge in [0.15, 0.2) is 0 Å². The summed E-state index contributed by atoms with van der Waals surface area (Å²) in [4.78, 5) is -0.0904. The minimum atomic E-state index is -3.80. The first-order chi connectivity index (χ1) is 9.29. The van der Waals surface area contributed by atoms with Crippen LogP contribution in [-0.2, 0) is 16.6 Å². The highest BCUT2D eigenvalue weighted by Gasteiger charge is 2.21. The topological polar surface area (TPSA) is 46.2 Å². The average molecular weight is 375 g/mol. The maximum absolute atomic E-state index is 12.9. The van der Waals surface area contributed by atoms with Crippen molar-refractivity contribution in [3.63, 3.8) is 0 Å². The molecule has 0 aliphatic rings. The van der Waals surface area contributed by atoms with Crippen molar-refractivity contribution in [3.05, 3.63) is 49.3 Å². The molecule has 0 aliphatic carbocycles. The second-order valence-electron chi connectivity index (χ2n) is 3.75. The third kappa shape index (κ3) is 3.63. The molecular formula is C11H7Cl3FNO2S2. The van der Waals surface area contributed by atoms with Crippen LogP contribution in [0.3, 0.4) is 0 Å². The van der Waals surface area contributed by atoms with E-state index in [9.17, 15) is 12.8 Å². The van der Waals surface area contributed by atoms with Crippen LogP contribution in [0.2, 0.25) is 13.7 Å². The van der Waals surface area contributed by atoms with E-state index in [-0.39, 0.29) is 25.1 Å². The van der Waals surface area contributed by atoms with Gasteiger partial charge in [0.1, 0.15) is 15.0 Å². The van der Waals surface area contributed by atoms with E-state index in [1.165, 1.54) is 18.2 Å². The number of hydrogen-bond acceptors (Lipinski definition) is 3. The summed E-state index contributed by atoms with van der Waals surface area (Å²) in [6.07, 6.45) is 0. The largest absolute Gasteiger partial charge is 0.243 e. The lowest BCUT2D eigenvalue weighted by atomic mass is 10.2. The fourth-order valence-electron chi connectivity index (χ4n) is 1.42. The van der Waals surface area contributed by atoms with Crippen LogP contribution in [0.15, 0.2) is 29.2 Å². The summed E-state index contributed by atoms with van der Waals surface area (Å²) in [6, 6.07) is 4.98. The fourth-order valence-corrected chi connectivity index (χ4v) is 4.81. The van der Waals surface area contributed by atoms with Gasteiger partial charge in [-0.15, -0.1) is 11.3 Å². The molecule has 1 heterocycles. The number of benzene rings is 1. The van der Waals surface area contributed by atoms with Gasteiger partial charge in [-0.2, -0.15) is 0 Å². The second-order valence-corrected chi connectivity index (χ2v) is 8.18. The van der Waals surface area contributed by atoms with Gasteiger partial charge >= 0.3 is 0 Å². The molecule has 1 aromatic heterocycles. The van der Waals surface area contributed by atoms with E-state index in [1.807, 2.05) is 0 Å². The molecule has 0 amide bonds. The number of nitrogens with one attached hydrogen (secondary N) is 1. The second kappa shape index (κ2) is 6.17. The van der Waals surface area contributed by atoms with E-state index in [0.29, 0.717) is 5.56 Å². The Balaban J connectivity index is 2.19. The van der Waals surface area contributed by atoms with Gasteiger partial charge in [0, 0.05) is 11.6 Å². The van der Waals surface area contributed by atoms with E-state index in [1.54, 1.807) is 0 Å². The van der Waals surface area contributed by atoms with Gasteiger partial charge in [0.2, 0.25) is 10.0 Å². The summed E-state index contributed by atoms with van der Waals surface area (Å²) < 4.78 is 39.7. The van der Waals surface area contributed by atoms with Crippen LogP contribution >= 0.6 is 46.1 Å². The van der Waals surface area contributed by atoms with Crippen LogP contribution < -0.4 is 4.72 Å². The van der Waals surface area contributed by atoms with Crippen LogP contribution in [0.25, 0.3) is 0 Å². The Bertz CT molecular complexity index is 746. The molecule has 0 radical (unpaired) electrons. The summed E-state index contributed by atoms with van der Waals surface area (Å²) >= 11 is 18.3. The Labute approximate surface area is 134 Å². The Morgan fingerprint density at radius 3 is 2.45 bits per heavy atom. The van der Waals surface area contributed by atoms with Crippen LogP contribution in [0.1, 0.15) is 5.56 Å². The van der Waals surface area contributed by atoms with Gasteiger partial charge in [-0.05, 0) is 23.8 Å². The molecule has 1 N–H and O–H groups in total. The maximum atomic E-state index is 12.9. The predicted molar refractivity (Wildman–Crippen MR) is 79.8 cm³/mol. The van der Waals surface area contributed by atoms with E-state index >= 15 is 0 Å². The van der Waals surface area contributed by atoms with E-state index in [2.05, 4.69) is 4.72 Å². The normalized spacial score (nSPS) is 11.8. The molecule has 9 heteroatoms. The number of rotatable bonds is 4. The van der Waals surface area contributed by atoms with E-state index in [0.717, 1.165) is 17.4 Å². The van der Waals surface area contributed by atoms with Crippen molar-refractivity contribution < 1.29 is 12.8 Å². The lowest BCUT2D eigenvalue weighted by molar-refractivity contribution is 0.581. The molecule has 0 atom stereocenters. The smallest absolute Gasteiger partial charge is 0.207 e. The zero-order valence-electron chi connectivity index (χ0n) is 9.66. The van der Waals surface area contributed by atoms with Crippen molar-refractivity contribution in [1.29, 1.82) is 0 Å². The molecule has 1 aromatic carbocycles. The molecule has 0 saturated heterocycles. The fraction of sp³-hybridized carbons (Fsp3) is 0.0909. The molecule has 0 aliphatic heterocycles. The van der Waals surface area contributed by atoms with Crippen molar-refractivity contribution in [2.45, 2.75) is 11.4 Å². The third-order valence-electron chi connectivity index (χ3n) is 2.38. The SMILES string of the molecule is O=S(=O)(NCc1ccc(F)cc1Cl)c1cc(Cl)sc1Cl. The van der Waals surface area contributed by atoms with Gasteiger partial charge < -0.3 is 0 Å². The predicted octanol–water partition coefficient (Wildman–Crippen LogP) is 4.33. The van der Waals surface area contributed by atoms with Crippen molar-refractivity contribution in [1.82, 2.24) is 4.72 Å². The quantitative estimate of drug-likeness (QED) is 0.866. The number of thiophene rings is 1. The minimum Gasteiger partial charge on any atom is -0.207 e. The van der Waals surface area contributed by atoms with Crippen LogP contribution in [0, 0.1) is 5.82 Å². The van der Waals surface area contributed by atoms with Gasteiger partial charge in [-0.25, -0.2) is 17.5 Å². The zero-order chi connectivity index (χ0) is 14.9. The molecule has 0 spiro atoms. The molecule has 108 valence electrons. The van der Waals surface area contributed by atoms with Gasteiger partial charge in [0.25, 0.3) is 0 Å². The summed E-state index contributed by atoms with van der Waals surface area (Å²) in [5.41, 5.74) is 0.453. The summed E-state index contributed by atoms with van der Waals surface area (Å²) in [6.45, 7) is -0.0781. The van der Waals surface area contributed by atoms with Crippen molar-refractivity contribution >= 4 is 56.2 Å². The van der Waals surface area contributed by atoms with Crippen molar-refractivity contribution in [3.8, 4) is 0 Å². The van der Waals surface area contributed by atoms with Crippen LogP contribution in [-0.4, -0.2) is 8.42 Å². The molecule has 20 heavy (non-hydrogen) atoms. The first-order valence-electron chi connectivity index (χ1n) is 5.18. The maximum Gasteiger partial charge on any atom is 0.243 e. The summed E-state index contributed by atoms with van der Waals surface area (Å²) in [5.74, 6) is -0.491. The van der Waals surface area contributed by atoms with Gasteiger partial charge in [-0.3, -0.25) is 0 Å². The standard InChI is InChI=1S/C11H7Cl3FNO2S2/c12-8-3-7(15)2-1-6(8)5-16-20(17,18)9-4-10(13)19-11(9)14/h1-4,16H,5H2. The highest BCUT2D eigenvalue weighted by molar-refractivity contribution is 7.89. The lowest BCUT2D eigenvalue weighted by Gasteiger charge is -2.07. The summed E-state index contributed by atoms with van der Waals surface area (Å²) in [5, 5.41) is 0.141. The van der Waals surface area contributed by atoms with Gasteiger partial charge in [-0.1, -0.05) is 40.9 Å². The Kier molecular flexibility index (Phi) is 4.94. The third-order valence-corrected chi connectivity index (χ3v) is 5.89. The Hall–Kier alpha value is -0.370. The highest BCUT2D eigenvalue weighted by Crippen LogP contribution is 2.34. The van der Waals surface area contributed by atoms with E-state index in [4.69, 9.17) is 34.8 Å². The zero-order valence-corrected chi connectivity index (χ0v) is 13.6. The minimum absolute atomic E-state index is 0.0766. The number of hydrogen-bond donors (Lipinski definition) is 1. The molecule has 2 aromatic rings. The number of halogens is 4. The first-order valence-corrected chi connectivity index (χ1v) is 8.61. The molecular weight excluding hydrogens is 368 g/mol. The number of sulfonamides is 1. The highest BCUT2D eigenvalue weighted by atomic mass is 35.5. The first kappa shape index (κ1) is 16.0. The molecule has 2 rings (SSSR count). The van der Waals surface area contributed by atoms with Crippen LogP contribution in [0.4, 0.5) is 4.39 Å². The molecule has 0 bridgehead atoms.